The second kappa shape index (κ2) is 26.4. The first-order valence-electron chi connectivity index (χ1n) is 24.4. The highest BCUT2D eigenvalue weighted by Gasteiger charge is 2.47. The molecular formula is C48H73N11O12. The summed E-state index contributed by atoms with van der Waals surface area (Å²) in [5, 5.41) is 34.8. The maximum absolute atomic E-state index is 15.0. The third kappa shape index (κ3) is 15.4. The minimum atomic E-state index is -1.87. The molecule has 1 unspecified atom stereocenters. The number of aliphatic hydroxyl groups excluding tert-OH is 1. The van der Waals surface area contributed by atoms with E-state index in [0.717, 1.165) is 22.2 Å². The molecule has 0 aliphatic carbocycles. The molecule has 0 saturated carbocycles. The maximum atomic E-state index is 15.0. The number of piperidine rings is 1. The Labute approximate surface area is 413 Å². The number of nitrogens with zero attached hydrogens (tertiary/aromatic N) is 3. The van der Waals surface area contributed by atoms with Crippen molar-refractivity contribution in [2.45, 2.75) is 167 Å². The summed E-state index contributed by atoms with van der Waals surface area (Å²) in [6, 6.07) is -3.16. The Balaban J connectivity index is 1.87. The Kier molecular flexibility index (Phi) is 21.1. The molecule has 23 heteroatoms. The van der Waals surface area contributed by atoms with Crippen LogP contribution in [0.15, 0.2) is 35.5 Å². The van der Waals surface area contributed by atoms with Crippen LogP contribution in [0.5, 0.6) is 0 Å². The number of carbonyl (C=O) groups is 9. The number of nitrogens with one attached hydrogen (secondary N) is 6. The van der Waals surface area contributed by atoms with Crippen LogP contribution in [-0.2, 0) is 54.3 Å². The Morgan fingerprint density at radius 3 is 2.28 bits per heavy atom. The van der Waals surface area contributed by atoms with E-state index in [1.54, 1.807) is 33.9 Å². The molecule has 2 aliphatic rings. The van der Waals surface area contributed by atoms with Crippen molar-refractivity contribution in [2.75, 3.05) is 13.6 Å². The molecule has 4 rings (SSSR count). The molecule has 71 heavy (non-hydrogen) atoms. The summed E-state index contributed by atoms with van der Waals surface area (Å²) in [6.45, 7) is 9.94. The van der Waals surface area contributed by atoms with Crippen molar-refractivity contribution < 1.29 is 58.1 Å². The standard InChI is InChI=1S/C48H73N11O12/c1-8-10-11-18-35(60)53-33(23-37(62)63)42(65)57-39-27(6)71-47(70)38(25(3)4)56-43(66)34(22-28-24-52-30-16-13-12-15-29(28)30)58(7)46(69)40(26(5)9-2)59-36(61)20-19-32(45(59)68)55-41(64)31(54-44(39)67)17-14-21-51-48(49)50/h12-13,15-16,24-27,31-34,36,38-40,52,61H,8-11,14,17-23H2,1-7H3,(H,53,60)(H,54,67)(H,55,64)(H,56,66)(H,57,65)(H,62,63)(H4,49,50,51)/t26?,27-,31+,32+,33-,34+,36-,38+,39+,40-/m1/s1. The molecule has 7 amide bonds. The molecule has 2 aromatic rings. The van der Waals surface area contributed by atoms with Crippen LogP contribution in [0, 0.1) is 11.8 Å². The van der Waals surface area contributed by atoms with Crippen LogP contribution in [0.4, 0.5) is 0 Å². The van der Waals surface area contributed by atoms with E-state index in [2.05, 4.69) is 36.6 Å². The predicted molar refractivity (Wildman–Crippen MR) is 260 cm³/mol. The minimum absolute atomic E-state index is 0.00312. The maximum Gasteiger partial charge on any atom is 0.329 e. The van der Waals surface area contributed by atoms with E-state index in [9.17, 15) is 48.6 Å². The number of carboxylic acids is 1. The zero-order chi connectivity index (χ0) is 52.7. The van der Waals surface area contributed by atoms with E-state index in [4.69, 9.17) is 16.2 Å². The average molecular weight is 996 g/mol. The number of H-pyrrole nitrogens is 1. The number of likely N-dealkylation sites (N-methyl/N-ethyl adjacent to an activating group) is 1. The van der Waals surface area contributed by atoms with Crippen molar-refractivity contribution in [3.05, 3.63) is 36.0 Å². The fourth-order valence-electron chi connectivity index (χ4n) is 8.71. The van der Waals surface area contributed by atoms with Gasteiger partial charge in [-0.1, -0.05) is 72.1 Å². The smallest absolute Gasteiger partial charge is 0.329 e. The van der Waals surface area contributed by atoms with E-state index < -0.39 is 126 Å². The number of ether oxygens (including phenoxy) is 1. The molecule has 1 aromatic carbocycles. The van der Waals surface area contributed by atoms with Crippen LogP contribution < -0.4 is 38.1 Å². The van der Waals surface area contributed by atoms with Gasteiger partial charge in [0.15, 0.2) is 5.96 Å². The van der Waals surface area contributed by atoms with Crippen molar-refractivity contribution in [1.82, 2.24) is 41.4 Å². The third-order valence-corrected chi connectivity index (χ3v) is 13.0. The first-order valence-corrected chi connectivity index (χ1v) is 24.4. The Hall–Kier alpha value is -6.78. The number of rotatable bonds is 18. The monoisotopic (exact) mass is 996 g/mol. The SMILES string of the molecule is CCCCCC(=O)N[C@H](CC(=O)O)C(=O)N[C@@H]1C(=O)N[C@@H](CCCN=C(N)N)C(=O)N[C@H]2CC[C@@H](O)N(C2=O)[C@H](C(C)CC)C(=O)N(C)[C@@H](Cc2c[nH]c3ccccc23)C(=O)N[C@@H](C(C)C)C(=O)O[C@@H]1C. The quantitative estimate of drug-likeness (QED) is 0.0408. The summed E-state index contributed by atoms with van der Waals surface area (Å²) in [5.74, 6) is -10.1. The molecule has 10 atom stereocenters. The van der Waals surface area contributed by atoms with Crippen molar-refractivity contribution in [3.8, 4) is 0 Å². The molecule has 23 nitrogen and oxygen atoms in total. The van der Waals surface area contributed by atoms with Gasteiger partial charge in [0.25, 0.3) is 0 Å². The largest absolute Gasteiger partial charge is 0.481 e. The molecule has 2 bridgehead atoms. The number of carbonyl (C=O) groups excluding carboxylic acids is 8. The number of aliphatic carboxylic acids is 1. The van der Waals surface area contributed by atoms with Gasteiger partial charge in [-0.25, -0.2) is 4.79 Å². The lowest BCUT2D eigenvalue weighted by molar-refractivity contribution is -0.168. The molecule has 1 aromatic heterocycles. The third-order valence-electron chi connectivity index (χ3n) is 13.0. The molecule has 3 heterocycles. The summed E-state index contributed by atoms with van der Waals surface area (Å²) < 4.78 is 5.87. The van der Waals surface area contributed by atoms with Gasteiger partial charge in [0, 0.05) is 43.5 Å². The van der Waals surface area contributed by atoms with E-state index in [0.29, 0.717) is 24.8 Å². The molecule has 2 aliphatic heterocycles. The minimum Gasteiger partial charge on any atom is -0.481 e. The highest BCUT2D eigenvalue weighted by atomic mass is 16.5. The molecule has 392 valence electrons. The van der Waals surface area contributed by atoms with Gasteiger partial charge in [-0.3, -0.25) is 43.3 Å². The van der Waals surface area contributed by atoms with E-state index in [1.165, 1.54) is 18.9 Å². The van der Waals surface area contributed by atoms with Gasteiger partial charge in [0.1, 0.15) is 54.6 Å². The summed E-state index contributed by atoms with van der Waals surface area (Å²) in [6.07, 6.45) is -0.271. The first-order chi connectivity index (χ1) is 33.6. The van der Waals surface area contributed by atoms with Crippen molar-refractivity contribution in [2.24, 2.45) is 28.3 Å². The lowest BCUT2D eigenvalue weighted by Crippen LogP contribution is -2.66. The second-order valence-electron chi connectivity index (χ2n) is 18.8. The number of hydrogen-bond acceptors (Lipinski definition) is 12. The van der Waals surface area contributed by atoms with Gasteiger partial charge in [0.05, 0.1) is 6.42 Å². The number of guanidine groups is 1. The number of amides is 7. The lowest BCUT2D eigenvalue weighted by Gasteiger charge is -2.44. The highest BCUT2D eigenvalue weighted by Crippen LogP contribution is 2.29. The van der Waals surface area contributed by atoms with E-state index in [-0.39, 0.29) is 51.0 Å². The topological polar surface area (TPSA) is 350 Å². The lowest BCUT2D eigenvalue weighted by atomic mass is 9.91. The van der Waals surface area contributed by atoms with Gasteiger partial charge in [-0.05, 0) is 62.5 Å². The van der Waals surface area contributed by atoms with E-state index in [1.807, 2.05) is 31.2 Å². The zero-order valence-corrected chi connectivity index (χ0v) is 41.7. The number of aromatic nitrogens is 1. The number of benzene rings is 1. The van der Waals surface area contributed by atoms with Crippen LogP contribution in [-0.4, -0.2) is 152 Å². The molecular weight excluding hydrogens is 923 g/mol. The fourth-order valence-corrected chi connectivity index (χ4v) is 8.71. The summed E-state index contributed by atoms with van der Waals surface area (Å²) in [4.78, 5) is 136. The van der Waals surface area contributed by atoms with Crippen LogP contribution in [0.2, 0.25) is 0 Å². The number of fused-ring (bicyclic) bond motifs is 3. The molecule has 0 radical (unpaired) electrons. The normalized spacial score (nSPS) is 24.9. The number of esters is 1. The number of para-hydroxylation sites is 1. The number of hydrogen-bond donors (Lipinski definition) is 10. The molecule has 2 fully saturated rings. The predicted octanol–water partition coefficient (Wildman–Crippen LogP) is 0.0268. The first kappa shape index (κ1) is 56.8. The van der Waals surface area contributed by atoms with Crippen molar-refractivity contribution in [1.29, 1.82) is 0 Å². The average Bonchev–Trinajstić information content (AvgIpc) is 3.73. The van der Waals surface area contributed by atoms with Gasteiger partial charge in [0.2, 0.25) is 41.4 Å². The number of aromatic amines is 1. The fraction of sp³-hybridized carbons (Fsp3) is 0.625. The number of aliphatic imine (C=N–C) groups is 1. The van der Waals surface area contributed by atoms with Crippen molar-refractivity contribution in [3.63, 3.8) is 0 Å². The van der Waals surface area contributed by atoms with E-state index >= 15 is 4.79 Å². The Morgan fingerprint density at radius 1 is 0.930 bits per heavy atom. The zero-order valence-electron chi connectivity index (χ0n) is 41.7. The summed E-state index contributed by atoms with van der Waals surface area (Å²) in [7, 11) is 1.40. The summed E-state index contributed by atoms with van der Waals surface area (Å²) >= 11 is 0. The van der Waals surface area contributed by atoms with Crippen LogP contribution >= 0.6 is 0 Å². The summed E-state index contributed by atoms with van der Waals surface area (Å²) in [5.41, 5.74) is 12.4. The molecule has 12 N–H and O–H groups in total. The highest BCUT2D eigenvalue weighted by molar-refractivity contribution is 5.99. The number of carboxylic acid groups (broad SMARTS) is 1. The number of unbranched alkanes of at least 4 members (excludes halogenated alkanes) is 2. The van der Waals surface area contributed by atoms with Gasteiger partial charge >= 0.3 is 11.9 Å². The molecule has 2 saturated heterocycles. The Bertz CT molecular complexity index is 2260. The van der Waals surface area contributed by atoms with Crippen molar-refractivity contribution >= 4 is 70.2 Å². The van der Waals surface area contributed by atoms with Crippen LogP contribution in [0.1, 0.15) is 111 Å². The molecule has 0 spiro atoms. The van der Waals surface area contributed by atoms with Gasteiger partial charge in [-0.15, -0.1) is 0 Å². The number of cyclic esters (lactones) is 1. The van der Waals surface area contributed by atoms with Gasteiger partial charge < -0.3 is 67.8 Å². The van der Waals surface area contributed by atoms with Crippen LogP contribution in [0.3, 0.4) is 0 Å². The van der Waals surface area contributed by atoms with Gasteiger partial charge in [-0.2, -0.15) is 0 Å². The number of aliphatic hydroxyl groups is 1. The van der Waals surface area contributed by atoms with Crippen LogP contribution in [0.25, 0.3) is 10.9 Å². The second-order valence-corrected chi connectivity index (χ2v) is 18.8. The number of nitrogens with two attached hydrogens (primary N) is 2. The Morgan fingerprint density at radius 2 is 1.63 bits per heavy atom.